The molecule has 0 aromatic heterocycles. The van der Waals surface area contributed by atoms with Gasteiger partial charge in [-0.3, -0.25) is 0 Å². The van der Waals surface area contributed by atoms with Crippen LogP contribution in [0.1, 0.15) is 19.8 Å². The summed E-state index contributed by atoms with van der Waals surface area (Å²) < 4.78 is 5.08. The summed E-state index contributed by atoms with van der Waals surface area (Å²) in [5.41, 5.74) is 0. The average Bonchev–Trinajstić information content (AvgIpc) is 1.87. The molecule has 0 bridgehead atoms. The zero-order valence-electron chi connectivity index (χ0n) is 7.55. The van der Waals surface area contributed by atoms with Crippen LogP contribution >= 0.6 is 0 Å². The van der Waals surface area contributed by atoms with Crippen LogP contribution in [0.4, 0.5) is 0 Å². The van der Waals surface area contributed by atoms with Gasteiger partial charge in [0.15, 0.2) is 0 Å². The van der Waals surface area contributed by atoms with Crippen molar-refractivity contribution in [2.24, 2.45) is 0 Å². The second-order valence-corrected chi connectivity index (χ2v) is 2.86. The lowest BCUT2D eigenvalue weighted by molar-refractivity contribution is 0.115. The Balaban J connectivity index is 3.50. The molecule has 62 valence electrons. The van der Waals surface area contributed by atoms with E-state index >= 15 is 0 Å². The van der Waals surface area contributed by atoms with E-state index in [4.69, 9.17) is 4.74 Å². The number of ether oxygens (including phenoxy) is 1. The third kappa shape index (κ3) is 3.85. The molecule has 0 saturated heterocycles. The predicted molar refractivity (Wildman–Crippen MR) is 44.3 cm³/mol. The monoisotopic (exact) mass is 145 g/mol. The van der Waals surface area contributed by atoms with E-state index in [-0.39, 0.29) is 0 Å². The molecule has 0 aromatic rings. The van der Waals surface area contributed by atoms with Crippen LogP contribution in [0.25, 0.3) is 0 Å². The normalized spacial score (nSPS) is 14.1. The molecule has 0 aliphatic heterocycles. The third-order valence-corrected chi connectivity index (χ3v) is 1.71. The van der Waals surface area contributed by atoms with Gasteiger partial charge >= 0.3 is 0 Å². The Morgan fingerprint density at radius 2 is 2.00 bits per heavy atom. The van der Waals surface area contributed by atoms with Crippen molar-refractivity contribution in [1.82, 2.24) is 4.90 Å². The van der Waals surface area contributed by atoms with Crippen molar-refractivity contribution in [1.29, 1.82) is 0 Å². The van der Waals surface area contributed by atoms with Crippen LogP contribution in [0.2, 0.25) is 0 Å². The summed E-state index contributed by atoms with van der Waals surface area (Å²) in [7, 11) is 5.95. The summed E-state index contributed by atoms with van der Waals surface area (Å²) in [6.45, 7) is 3.05. The molecule has 2 nitrogen and oxygen atoms in total. The molecule has 0 heterocycles. The number of likely N-dealkylation sites (N-methyl/N-ethyl adjacent to an activating group) is 1. The van der Waals surface area contributed by atoms with Crippen molar-refractivity contribution in [3.8, 4) is 0 Å². The molecule has 0 aliphatic rings. The van der Waals surface area contributed by atoms with Crippen molar-refractivity contribution in [3.05, 3.63) is 0 Å². The smallest absolute Gasteiger partial charge is 0.0617 e. The summed E-state index contributed by atoms with van der Waals surface area (Å²) in [6.07, 6.45) is 2.45. The van der Waals surface area contributed by atoms with Gasteiger partial charge in [0.2, 0.25) is 0 Å². The summed E-state index contributed by atoms with van der Waals surface area (Å²) in [5.74, 6) is 0. The van der Waals surface area contributed by atoms with E-state index in [1.165, 1.54) is 12.8 Å². The van der Waals surface area contributed by atoms with Gasteiger partial charge in [0.1, 0.15) is 0 Å². The van der Waals surface area contributed by atoms with E-state index < -0.39 is 0 Å². The Kier molecular flexibility index (Phi) is 5.64. The fourth-order valence-electron chi connectivity index (χ4n) is 1.02. The van der Waals surface area contributed by atoms with Crippen LogP contribution in [0.3, 0.4) is 0 Å². The average molecular weight is 145 g/mol. The minimum atomic E-state index is 0.593. The van der Waals surface area contributed by atoms with Crippen LogP contribution in [-0.2, 0) is 4.74 Å². The quantitative estimate of drug-likeness (QED) is 0.579. The summed E-state index contributed by atoms with van der Waals surface area (Å²) in [4.78, 5) is 2.22. The molecule has 1 atom stereocenters. The fourth-order valence-corrected chi connectivity index (χ4v) is 1.02. The molecule has 0 aliphatic carbocycles. The van der Waals surface area contributed by atoms with Gasteiger partial charge in [-0.05, 0) is 20.5 Å². The number of methoxy groups -OCH3 is 1. The number of hydrogen-bond acceptors (Lipinski definition) is 2. The summed E-state index contributed by atoms with van der Waals surface area (Å²) in [6, 6.07) is 0.593. The molecule has 2 heteroatoms. The molecule has 0 aromatic carbocycles. The third-order valence-electron chi connectivity index (χ3n) is 1.71. The summed E-state index contributed by atoms with van der Waals surface area (Å²) >= 11 is 0. The fraction of sp³-hybridized carbons (Fsp3) is 1.00. The van der Waals surface area contributed by atoms with E-state index in [2.05, 4.69) is 25.9 Å². The van der Waals surface area contributed by atoms with E-state index in [1.807, 2.05) is 0 Å². The Labute approximate surface area is 64.2 Å². The van der Waals surface area contributed by atoms with Gasteiger partial charge in [-0.1, -0.05) is 13.3 Å². The lowest BCUT2D eigenvalue weighted by atomic mass is 10.2. The van der Waals surface area contributed by atoms with Gasteiger partial charge in [0.25, 0.3) is 0 Å². The van der Waals surface area contributed by atoms with Crippen LogP contribution in [0.15, 0.2) is 0 Å². The van der Waals surface area contributed by atoms with Crippen LogP contribution in [0, 0.1) is 0 Å². The van der Waals surface area contributed by atoms with Gasteiger partial charge in [-0.2, -0.15) is 0 Å². The van der Waals surface area contributed by atoms with Gasteiger partial charge in [0.05, 0.1) is 6.61 Å². The molecule has 0 N–H and O–H groups in total. The largest absolute Gasteiger partial charge is 0.383 e. The van der Waals surface area contributed by atoms with Crippen LogP contribution in [-0.4, -0.2) is 38.8 Å². The highest BCUT2D eigenvalue weighted by Crippen LogP contribution is 2.02. The molecule has 1 unspecified atom stereocenters. The van der Waals surface area contributed by atoms with Crippen molar-refractivity contribution >= 4 is 0 Å². The minimum absolute atomic E-state index is 0.593. The van der Waals surface area contributed by atoms with E-state index in [1.54, 1.807) is 7.11 Å². The van der Waals surface area contributed by atoms with Crippen LogP contribution < -0.4 is 0 Å². The first-order valence-corrected chi connectivity index (χ1v) is 3.87. The highest BCUT2D eigenvalue weighted by atomic mass is 16.5. The zero-order chi connectivity index (χ0) is 7.98. The first-order valence-electron chi connectivity index (χ1n) is 3.87. The Morgan fingerprint density at radius 3 is 2.30 bits per heavy atom. The maximum atomic E-state index is 5.08. The summed E-state index contributed by atoms with van der Waals surface area (Å²) in [5, 5.41) is 0. The molecule has 0 rings (SSSR count). The number of hydrogen-bond donors (Lipinski definition) is 0. The molecular formula is C8H19NO. The Morgan fingerprint density at radius 1 is 1.40 bits per heavy atom. The van der Waals surface area contributed by atoms with E-state index in [0.717, 1.165) is 6.61 Å². The topological polar surface area (TPSA) is 12.5 Å². The zero-order valence-corrected chi connectivity index (χ0v) is 7.55. The van der Waals surface area contributed by atoms with Crippen molar-refractivity contribution < 1.29 is 4.74 Å². The lowest BCUT2D eigenvalue weighted by Gasteiger charge is -2.22. The SMILES string of the molecule is CCCC(COC)N(C)C. The first-order chi connectivity index (χ1) is 4.72. The standard InChI is InChI=1S/C8H19NO/c1-5-6-8(7-10-4)9(2)3/h8H,5-7H2,1-4H3. The van der Waals surface area contributed by atoms with E-state index in [0.29, 0.717) is 6.04 Å². The molecule has 0 amide bonds. The van der Waals surface area contributed by atoms with Crippen molar-refractivity contribution in [2.75, 3.05) is 27.8 Å². The number of rotatable bonds is 5. The molecule has 0 spiro atoms. The van der Waals surface area contributed by atoms with Crippen molar-refractivity contribution in [2.45, 2.75) is 25.8 Å². The second-order valence-electron chi connectivity index (χ2n) is 2.86. The van der Waals surface area contributed by atoms with Gasteiger partial charge in [0, 0.05) is 13.2 Å². The molecule has 0 fully saturated rings. The maximum Gasteiger partial charge on any atom is 0.0617 e. The van der Waals surface area contributed by atoms with Crippen LogP contribution in [0.5, 0.6) is 0 Å². The molecule has 0 saturated carbocycles. The first kappa shape index (κ1) is 9.92. The highest BCUT2D eigenvalue weighted by Gasteiger charge is 2.08. The van der Waals surface area contributed by atoms with Crippen molar-refractivity contribution in [3.63, 3.8) is 0 Å². The second kappa shape index (κ2) is 5.69. The molecule has 0 radical (unpaired) electrons. The number of nitrogens with zero attached hydrogens (tertiary/aromatic N) is 1. The Hall–Kier alpha value is -0.0800. The highest BCUT2D eigenvalue weighted by molar-refractivity contribution is 4.63. The van der Waals surface area contributed by atoms with E-state index in [9.17, 15) is 0 Å². The maximum absolute atomic E-state index is 5.08. The van der Waals surface area contributed by atoms with Gasteiger partial charge < -0.3 is 9.64 Å². The molecule has 10 heavy (non-hydrogen) atoms. The molecular weight excluding hydrogens is 126 g/mol. The minimum Gasteiger partial charge on any atom is -0.383 e. The van der Waals surface area contributed by atoms with Gasteiger partial charge in [-0.15, -0.1) is 0 Å². The lowest BCUT2D eigenvalue weighted by Crippen LogP contribution is -2.31. The predicted octanol–water partition coefficient (Wildman–Crippen LogP) is 1.36. The van der Waals surface area contributed by atoms with Gasteiger partial charge in [-0.25, -0.2) is 0 Å². The Bertz CT molecular complexity index is 67.7.